The first-order valence-corrected chi connectivity index (χ1v) is 6.74. The zero-order chi connectivity index (χ0) is 13.8. The summed E-state index contributed by atoms with van der Waals surface area (Å²) >= 11 is 9.22. The molecule has 0 amide bonds. The number of carbonyl (C=O) groups is 1. The van der Waals surface area contributed by atoms with Gasteiger partial charge in [0.2, 0.25) is 0 Å². The second-order valence-corrected chi connectivity index (χ2v) is 5.26. The number of hydrogen-bond donors (Lipinski definition) is 0. The Morgan fingerprint density at radius 1 is 1.37 bits per heavy atom. The summed E-state index contributed by atoms with van der Waals surface area (Å²) in [5, 5.41) is 0.507. The van der Waals surface area contributed by atoms with E-state index in [-0.39, 0.29) is 12.2 Å². The van der Waals surface area contributed by atoms with E-state index in [0.29, 0.717) is 22.0 Å². The normalized spacial score (nSPS) is 10.3. The second-order valence-electron chi connectivity index (χ2n) is 3.91. The molecule has 0 bridgehead atoms. The number of carbonyl (C=O) groups excluding carboxylic acids is 1. The molecule has 1 aromatic heterocycles. The van der Waals surface area contributed by atoms with Crippen LogP contribution in [0.2, 0.25) is 5.02 Å². The Hall–Kier alpha value is -1.39. The number of rotatable bonds is 4. The zero-order valence-corrected chi connectivity index (χ0v) is 12.5. The summed E-state index contributed by atoms with van der Waals surface area (Å²) in [6.45, 7) is 0. The van der Waals surface area contributed by atoms with Crippen LogP contribution < -0.4 is 4.74 Å². The van der Waals surface area contributed by atoms with Gasteiger partial charge in [-0.2, -0.15) is 0 Å². The fraction of sp³-hybridized carbons (Fsp3) is 0.143. The van der Waals surface area contributed by atoms with E-state index in [1.807, 2.05) is 6.07 Å². The van der Waals surface area contributed by atoms with Crippen molar-refractivity contribution in [2.24, 2.45) is 0 Å². The van der Waals surface area contributed by atoms with Gasteiger partial charge in [-0.25, -0.2) is 0 Å². The highest BCUT2D eigenvalue weighted by atomic mass is 79.9. The van der Waals surface area contributed by atoms with Crippen LogP contribution in [0.1, 0.15) is 16.1 Å². The molecule has 2 rings (SSSR count). The van der Waals surface area contributed by atoms with Crippen molar-refractivity contribution in [3.05, 3.63) is 57.3 Å². The molecule has 0 aliphatic rings. The largest absolute Gasteiger partial charge is 0.496 e. The molecular weight excluding hydrogens is 330 g/mol. The van der Waals surface area contributed by atoms with E-state index in [9.17, 15) is 4.79 Å². The number of halogens is 2. The molecule has 0 spiro atoms. The summed E-state index contributed by atoms with van der Waals surface area (Å²) in [6.07, 6.45) is 1.88. The van der Waals surface area contributed by atoms with Crippen LogP contribution in [-0.2, 0) is 6.42 Å². The van der Waals surface area contributed by atoms with Crippen LogP contribution >= 0.6 is 27.5 Å². The van der Waals surface area contributed by atoms with Crippen molar-refractivity contribution in [3.8, 4) is 5.75 Å². The van der Waals surface area contributed by atoms with E-state index in [0.717, 1.165) is 4.47 Å². The molecule has 98 valence electrons. The van der Waals surface area contributed by atoms with Gasteiger partial charge in [-0.3, -0.25) is 9.78 Å². The SMILES string of the molecule is COc1ccc(Cl)cc1C(=O)Cc1ccc(Br)cn1. The number of nitrogens with zero attached hydrogens (tertiary/aromatic N) is 1. The van der Waals surface area contributed by atoms with E-state index < -0.39 is 0 Å². The monoisotopic (exact) mass is 339 g/mol. The number of pyridine rings is 1. The summed E-state index contributed by atoms with van der Waals surface area (Å²) in [6, 6.07) is 8.64. The second kappa shape index (κ2) is 6.17. The van der Waals surface area contributed by atoms with E-state index in [1.54, 1.807) is 30.5 Å². The quantitative estimate of drug-likeness (QED) is 0.792. The lowest BCUT2D eigenvalue weighted by atomic mass is 10.1. The molecule has 19 heavy (non-hydrogen) atoms. The van der Waals surface area contributed by atoms with Crippen molar-refractivity contribution in [2.75, 3.05) is 7.11 Å². The van der Waals surface area contributed by atoms with Gasteiger partial charge in [-0.15, -0.1) is 0 Å². The highest BCUT2D eigenvalue weighted by Gasteiger charge is 2.14. The summed E-state index contributed by atoms with van der Waals surface area (Å²) in [5.41, 5.74) is 1.18. The van der Waals surface area contributed by atoms with Crippen LogP contribution in [-0.4, -0.2) is 17.9 Å². The van der Waals surface area contributed by atoms with Gasteiger partial charge in [-0.05, 0) is 46.3 Å². The van der Waals surface area contributed by atoms with Gasteiger partial charge >= 0.3 is 0 Å². The standard InChI is InChI=1S/C14H11BrClNO2/c1-19-14-5-3-10(16)6-12(14)13(18)7-11-4-2-9(15)8-17-11/h2-6,8H,7H2,1H3. The molecule has 1 aromatic carbocycles. The molecule has 0 saturated heterocycles. The van der Waals surface area contributed by atoms with Crippen molar-refractivity contribution in [3.63, 3.8) is 0 Å². The lowest BCUT2D eigenvalue weighted by molar-refractivity contribution is 0.0989. The van der Waals surface area contributed by atoms with E-state index in [2.05, 4.69) is 20.9 Å². The molecule has 1 heterocycles. The molecule has 0 N–H and O–H groups in total. The lowest BCUT2D eigenvalue weighted by Gasteiger charge is -2.07. The van der Waals surface area contributed by atoms with Crippen LogP contribution in [0.4, 0.5) is 0 Å². The van der Waals surface area contributed by atoms with Crippen molar-refractivity contribution < 1.29 is 9.53 Å². The maximum atomic E-state index is 12.2. The van der Waals surface area contributed by atoms with Gasteiger partial charge in [0, 0.05) is 21.4 Å². The lowest BCUT2D eigenvalue weighted by Crippen LogP contribution is -2.07. The van der Waals surface area contributed by atoms with Crippen molar-refractivity contribution in [1.82, 2.24) is 4.98 Å². The molecule has 2 aromatic rings. The zero-order valence-electron chi connectivity index (χ0n) is 10.2. The van der Waals surface area contributed by atoms with Gasteiger partial charge in [0.25, 0.3) is 0 Å². The highest BCUT2D eigenvalue weighted by molar-refractivity contribution is 9.10. The van der Waals surface area contributed by atoms with E-state index in [4.69, 9.17) is 16.3 Å². The fourth-order valence-electron chi connectivity index (χ4n) is 1.67. The minimum Gasteiger partial charge on any atom is -0.496 e. The molecule has 0 atom stereocenters. The molecule has 0 aliphatic heterocycles. The third-order valence-corrected chi connectivity index (χ3v) is 3.30. The van der Waals surface area contributed by atoms with Crippen LogP contribution in [0.3, 0.4) is 0 Å². The number of ketones is 1. The summed E-state index contributed by atoms with van der Waals surface area (Å²) in [5.74, 6) is 0.445. The molecular formula is C14H11BrClNO2. The minimum atomic E-state index is -0.0748. The van der Waals surface area contributed by atoms with Crippen molar-refractivity contribution >= 4 is 33.3 Å². The van der Waals surface area contributed by atoms with Gasteiger partial charge in [0.15, 0.2) is 5.78 Å². The first-order chi connectivity index (χ1) is 9.10. The molecule has 3 nitrogen and oxygen atoms in total. The first kappa shape index (κ1) is 14.0. The Morgan fingerprint density at radius 3 is 2.79 bits per heavy atom. The number of ether oxygens (including phenoxy) is 1. The first-order valence-electron chi connectivity index (χ1n) is 5.57. The van der Waals surface area contributed by atoms with Crippen LogP contribution in [0.15, 0.2) is 41.0 Å². The predicted octanol–water partition coefficient (Wildman–Crippen LogP) is 3.93. The topological polar surface area (TPSA) is 39.2 Å². The Labute approximate surface area is 124 Å². The van der Waals surface area contributed by atoms with Gasteiger partial charge in [-0.1, -0.05) is 11.6 Å². The van der Waals surface area contributed by atoms with Crippen molar-refractivity contribution in [1.29, 1.82) is 0 Å². The number of Topliss-reactive ketones (excluding diaryl/α,β-unsaturated/α-hetero) is 1. The average Bonchev–Trinajstić information content (AvgIpc) is 2.41. The molecule has 0 fully saturated rings. The third kappa shape index (κ3) is 3.55. The molecule has 5 heteroatoms. The van der Waals surface area contributed by atoms with E-state index >= 15 is 0 Å². The number of benzene rings is 1. The Bertz CT molecular complexity index is 599. The van der Waals surface area contributed by atoms with Gasteiger partial charge < -0.3 is 4.74 Å². The highest BCUT2D eigenvalue weighted by Crippen LogP contribution is 2.24. The molecule has 0 saturated carbocycles. The molecule has 0 radical (unpaired) electrons. The van der Waals surface area contributed by atoms with Gasteiger partial charge in [0.05, 0.1) is 19.1 Å². The molecule has 0 unspecified atom stereocenters. The van der Waals surface area contributed by atoms with Crippen LogP contribution in [0.5, 0.6) is 5.75 Å². The number of aromatic nitrogens is 1. The molecule has 0 aliphatic carbocycles. The Kier molecular flexibility index (Phi) is 4.56. The Balaban J connectivity index is 2.24. The van der Waals surface area contributed by atoms with E-state index in [1.165, 1.54) is 7.11 Å². The summed E-state index contributed by atoms with van der Waals surface area (Å²) in [4.78, 5) is 16.4. The predicted molar refractivity (Wildman–Crippen MR) is 78.0 cm³/mol. The Morgan fingerprint density at radius 2 is 2.16 bits per heavy atom. The smallest absolute Gasteiger partial charge is 0.172 e. The summed E-state index contributed by atoms with van der Waals surface area (Å²) in [7, 11) is 1.53. The average molecular weight is 341 g/mol. The minimum absolute atomic E-state index is 0.0748. The van der Waals surface area contributed by atoms with Crippen LogP contribution in [0.25, 0.3) is 0 Å². The third-order valence-electron chi connectivity index (χ3n) is 2.59. The number of methoxy groups -OCH3 is 1. The fourth-order valence-corrected chi connectivity index (χ4v) is 2.08. The maximum absolute atomic E-state index is 12.2. The summed E-state index contributed by atoms with van der Waals surface area (Å²) < 4.78 is 6.05. The van der Waals surface area contributed by atoms with Gasteiger partial charge in [0.1, 0.15) is 5.75 Å². The van der Waals surface area contributed by atoms with Crippen LogP contribution in [0, 0.1) is 0 Å². The van der Waals surface area contributed by atoms with Crippen molar-refractivity contribution in [2.45, 2.75) is 6.42 Å². The maximum Gasteiger partial charge on any atom is 0.172 e. The number of hydrogen-bond acceptors (Lipinski definition) is 3.